The first-order valence-corrected chi connectivity index (χ1v) is 13.0. The highest BCUT2D eigenvalue weighted by atomic mass is 16.1. The van der Waals surface area contributed by atoms with E-state index >= 15 is 0 Å². The lowest BCUT2D eigenvalue weighted by atomic mass is 9.44. The monoisotopic (exact) mass is 439 g/mol. The van der Waals surface area contributed by atoms with Crippen LogP contribution in [-0.4, -0.2) is 21.5 Å². The number of ketones is 1. The molecule has 1 heterocycles. The van der Waals surface area contributed by atoms with Crippen LogP contribution in [0.1, 0.15) is 85.5 Å². The molecule has 8 atom stereocenters. The molecule has 0 saturated heterocycles. The molecule has 5 nitrogen and oxygen atoms in total. The van der Waals surface area contributed by atoms with E-state index in [4.69, 9.17) is 0 Å². The molecular formula is C27H41N3O2. The third-order valence-electron chi connectivity index (χ3n) is 10.6. The van der Waals surface area contributed by atoms with Crippen molar-refractivity contribution in [1.82, 2.24) is 9.78 Å². The molecule has 7 unspecified atom stereocenters. The van der Waals surface area contributed by atoms with Gasteiger partial charge in [0.15, 0.2) is 5.78 Å². The summed E-state index contributed by atoms with van der Waals surface area (Å²) in [5.41, 5.74) is 1.35. The standard InChI is InChI=1S/C27H41N3O2/c1-17-9-11-26(3)19(13-17)5-6-21-22-7-8-24(27(22,4)12-10-23(21)26)25(32)16-30-15-20(14-28-30)29-18(2)31/h14-15,17,19,21-24H,5-13,16H2,1-4H3,(H,29,31)/t17?,19?,21?,22?,23?,24?,26?,27-/m0/s1. The molecule has 4 aliphatic rings. The average molecular weight is 440 g/mol. The fourth-order valence-corrected chi connectivity index (χ4v) is 8.99. The second-order valence-electron chi connectivity index (χ2n) is 12.3. The first-order valence-electron chi connectivity index (χ1n) is 13.0. The summed E-state index contributed by atoms with van der Waals surface area (Å²) >= 11 is 0. The maximum Gasteiger partial charge on any atom is 0.221 e. The van der Waals surface area contributed by atoms with E-state index in [2.05, 4.69) is 31.2 Å². The maximum absolute atomic E-state index is 13.4. The van der Waals surface area contributed by atoms with Gasteiger partial charge >= 0.3 is 0 Å². The van der Waals surface area contributed by atoms with Gasteiger partial charge in [-0.1, -0.05) is 27.2 Å². The van der Waals surface area contributed by atoms with Crippen molar-refractivity contribution in [3.05, 3.63) is 12.4 Å². The Morgan fingerprint density at radius 1 is 1.06 bits per heavy atom. The van der Waals surface area contributed by atoms with E-state index in [-0.39, 0.29) is 17.2 Å². The topological polar surface area (TPSA) is 64.0 Å². The van der Waals surface area contributed by atoms with Gasteiger partial charge in [-0.3, -0.25) is 14.3 Å². The number of Topliss-reactive ketones (excluding diaryl/α,β-unsaturated/α-hetero) is 1. The summed E-state index contributed by atoms with van der Waals surface area (Å²) < 4.78 is 1.70. The van der Waals surface area contributed by atoms with E-state index in [0.717, 1.165) is 30.1 Å². The minimum atomic E-state index is -0.116. The van der Waals surface area contributed by atoms with Crippen LogP contribution in [0.2, 0.25) is 0 Å². The second-order valence-corrected chi connectivity index (χ2v) is 12.3. The van der Waals surface area contributed by atoms with Gasteiger partial charge in [-0.15, -0.1) is 0 Å². The van der Waals surface area contributed by atoms with Gasteiger partial charge in [0.25, 0.3) is 0 Å². The van der Waals surface area contributed by atoms with Gasteiger partial charge in [0, 0.05) is 19.0 Å². The summed E-state index contributed by atoms with van der Waals surface area (Å²) in [7, 11) is 0. The number of aromatic nitrogens is 2. The Kier molecular flexibility index (Phi) is 5.53. The van der Waals surface area contributed by atoms with Crippen molar-refractivity contribution in [2.45, 2.75) is 92.0 Å². The normalized spacial score (nSPS) is 43.1. The lowest BCUT2D eigenvalue weighted by Gasteiger charge is -2.61. The van der Waals surface area contributed by atoms with Crippen molar-refractivity contribution in [2.75, 3.05) is 5.32 Å². The molecule has 1 aromatic rings. The highest BCUT2D eigenvalue weighted by Crippen LogP contribution is 2.67. The first kappa shape index (κ1) is 22.2. The second kappa shape index (κ2) is 7.99. The zero-order valence-electron chi connectivity index (χ0n) is 20.4. The van der Waals surface area contributed by atoms with Crippen LogP contribution in [0.3, 0.4) is 0 Å². The highest BCUT2D eigenvalue weighted by Gasteiger charge is 2.60. The lowest BCUT2D eigenvalue weighted by molar-refractivity contribution is -0.137. The van der Waals surface area contributed by atoms with Crippen molar-refractivity contribution in [2.24, 2.45) is 46.3 Å². The number of hydrogen-bond donors (Lipinski definition) is 1. The summed E-state index contributed by atoms with van der Waals surface area (Å²) in [4.78, 5) is 24.7. The van der Waals surface area contributed by atoms with Crippen molar-refractivity contribution in [1.29, 1.82) is 0 Å². The number of fused-ring (bicyclic) bond motifs is 5. The van der Waals surface area contributed by atoms with Gasteiger partial charge in [-0.25, -0.2) is 0 Å². The summed E-state index contributed by atoms with van der Waals surface area (Å²) in [5.74, 6) is 4.59. The predicted molar refractivity (Wildman–Crippen MR) is 126 cm³/mol. The van der Waals surface area contributed by atoms with Gasteiger partial charge < -0.3 is 5.32 Å². The third-order valence-corrected chi connectivity index (χ3v) is 10.6. The van der Waals surface area contributed by atoms with E-state index in [1.165, 1.54) is 58.3 Å². The van der Waals surface area contributed by atoms with E-state index in [9.17, 15) is 9.59 Å². The Morgan fingerprint density at radius 3 is 2.59 bits per heavy atom. The predicted octanol–water partition coefficient (Wildman–Crippen LogP) is 5.71. The molecule has 5 rings (SSSR count). The summed E-state index contributed by atoms with van der Waals surface area (Å²) in [6, 6.07) is 0. The van der Waals surface area contributed by atoms with E-state index in [0.29, 0.717) is 29.3 Å². The van der Waals surface area contributed by atoms with Crippen LogP contribution in [0.5, 0.6) is 0 Å². The number of carbonyl (C=O) groups excluding carboxylic acids is 2. The zero-order chi connectivity index (χ0) is 22.7. The number of hydrogen-bond acceptors (Lipinski definition) is 3. The van der Waals surface area contributed by atoms with Crippen LogP contribution in [0.25, 0.3) is 0 Å². The molecule has 4 fully saturated rings. The van der Waals surface area contributed by atoms with E-state index in [1.807, 2.05) is 0 Å². The number of nitrogens with zero attached hydrogens (tertiary/aromatic N) is 2. The largest absolute Gasteiger partial charge is 0.324 e. The molecule has 0 aliphatic heterocycles. The number of anilines is 1. The SMILES string of the molecule is CC(=O)Nc1cnn(CC(=O)C2CCC3C4CCC5CC(C)CCC5(C)C4CC[C@]23C)c1. The van der Waals surface area contributed by atoms with Gasteiger partial charge in [-0.2, -0.15) is 5.10 Å². The molecule has 5 heteroatoms. The maximum atomic E-state index is 13.4. The molecule has 0 aromatic carbocycles. The number of carbonyl (C=O) groups is 2. The molecule has 0 spiro atoms. The number of amides is 1. The molecule has 1 amide bonds. The molecule has 1 aromatic heterocycles. The van der Waals surface area contributed by atoms with Crippen molar-refractivity contribution >= 4 is 17.4 Å². The minimum Gasteiger partial charge on any atom is -0.324 e. The van der Waals surface area contributed by atoms with E-state index < -0.39 is 0 Å². The highest BCUT2D eigenvalue weighted by molar-refractivity contribution is 5.88. The number of rotatable bonds is 4. The molecule has 1 N–H and O–H groups in total. The molecule has 32 heavy (non-hydrogen) atoms. The summed E-state index contributed by atoms with van der Waals surface area (Å²) in [5, 5.41) is 7.06. The Bertz CT molecular complexity index is 893. The summed E-state index contributed by atoms with van der Waals surface area (Å²) in [6.45, 7) is 9.33. The first-order chi connectivity index (χ1) is 15.2. The van der Waals surface area contributed by atoms with Gasteiger partial charge in [0.1, 0.15) is 0 Å². The van der Waals surface area contributed by atoms with Crippen LogP contribution in [0.15, 0.2) is 12.4 Å². The van der Waals surface area contributed by atoms with Crippen molar-refractivity contribution in [3.63, 3.8) is 0 Å². The third kappa shape index (κ3) is 3.54. The smallest absolute Gasteiger partial charge is 0.221 e. The minimum absolute atomic E-state index is 0.116. The van der Waals surface area contributed by atoms with Gasteiger partial charge in [0.2, 0.25) is 5.91 Å². The van der Waals surface area contributed by atoms with Crippen LogP contribution >= 0.6 is 0 Å². The number of nitrogens with one attached hydrogen (secondary N) is 1. The Morgan fingerprint density at radius 2 is 1.81 bits per heavy atom. The zero-order valence-corrected chi connectivity index (χ0v) is 20.4. The van der Waals surface area contributed by atoms with Crippen LogP contribution in [0, 0.1) is 46.3 Å². The van der Waals surface area contributed by atoms with E-state index in [1.54, 1.807) is 17.1 Å². The molecule has 176 valence electrons. The fraction of sp³-hybridized carbons (Fsp3) is 0.815. The molecule has 4 aliphatic carbocycles. The summed E-state index contributed by atoms with van der Waals surface area (Å²) in [6.07, 6.45) is 15.3. The Balaban J connectivity index is 1.30. The molecular weight excluding hydrogens is 398 g/mol. The average Bonchev–Trinajstić information content (AvgIpc) is 3.31. The van der Waals surface area contributed by atoms with Crippen LogP contribution in [0.4, 0.5) is 5.69 Å². The molecule has 0 bridgehead atoms. The Labute approximate surface area is 193 Å². The van der Waals surface area contributed by atoms with Crippen LogP contribution in [-0.2, 0) is 16.1 Å². The lowest BCUT2D eigenvalue weighted by Crippen LogP contribution is -2.53. The Hall–Kier alpha value is -1.65. The fourth-order valence-electron chi connectivity index (χ4n) is 8.99. The molecule has 4 saturated carbocycles. The molecule has 0 radical (unpaired) electrons. The van der Waals surface area contributed by atoms with Crippen molar-refractivity contribution < 1.29 is 9.59 Å². The van der Waals surface area contributed by atoms with Crippen molar-refractivity contribution in [3.8, 4) is 0 Å². The van der Waals surface area contributed by atoms with Gasteiger partial charge in [0.05, 0.1) is 18.4 Å². The van der Waals surface area contributed by atoms with Crippen LogP contribution < -0.4 is 5.32 Å². The quantitative estimate of drug-likeness (QED) is 0.654. The van der Waals surface area contributed by atoms with Gasteiger partial charge in [-0.05, 0) is 91.8 Å².